The van der Waals surface area contributed by atoms with Crippen molar-refractivity contribution in [2.45, 2.75) is 39.5 Å². The van der Waals surface area contributed by atoms with E-state index in [1.54, 1.807) is 0 Å². The second-order valence-corrected chi connectivity index (χ2v) is 6.81. The van der Waals surface area contributed by atoms with Gasteiger partial charge in [0.05, 0.1) is 6.67 Å². The van der Waals surface area contributed by atoms with Crippen molar-refractivity contribution in [3.8, 4) is 0 Å². The molecule has 2 aromatic carbocycles. The van der Waals surface area contributed by atoms with Gasteiger partial charge >= 0.3 is 0 Å². The molecule has 0 aromatic heterocycles. The number of anilines is 2. The van der Waals surface area contributed by atoms with Crippen molar-refractivity contribution in [2.24, 2.45) is 0 Å². The van der Waals surface area contributed by atoms with Crippen LogP contribution in [0.25, 0.3) is 0 Å². The van der Waals surface area contributed by atoms with Gasteiger partial charge in [0.1, 0.15) is 0 Å². The molecule has 0 spiro atoms. The molecule has 3 rings (SSSR count). The zero-order chi connectivity index (χ0) is 16.4. The van der Waals surface area contributed by atoms with Gasteiger partial charge < -0.3 is 9.80 Å². The van der Waals surface area contributed by atoms with Crippen molar-refractivity contribution < 1.29 is 0 Å². The Bertz CT molecular complexity index is 660. The molecular formula is C21H26N2. The minimum absolute atomic E-state index is 0.517. The molecule has 2 heteroatoms. The quantitative estimate of drug-likeness (QED) is 0.716. The number of rotatable bonds is 4. The van der Waals surface area contributed by atoms with Crippen molar-refractivity contribution in [2.75, 3.05) is 16.5 Å². The molecule has 0 N–H and O–H groups in total. The molecule has 0 amide bonds. The van der Waals surface area contributed by atoms with Gasteiger partial charge in [-0.15, -0.1) is 0 Å². The minimum atomic E-state index is 0.517. The fraction of sp³-hybridized carbons (Fsp3) is 0.333. The van der Waals surface area contributed by atoms with E-state index in [2.05, 4.69) is 98.4 Å². The summed E-state index contributed by atoms with van der Waals surface area (Å²) in [5.41, 5.74) is 5.47. The lowest BCUT2D eigenvalue weighted by Crippen LogP contribution is -2.26. The SMILES string of the molecule is CC(C)c1cccc(C(C)C)c1N1C=CN(c2ccccc2)C1. The van der Waals surface area contributed by atoms with Crippen LogP contribution in [0.4, 0.5) is 11.4 Å². The summed E-state index contributed by atoms with van der Waals surface area (Å²) >= 11 is 0. The van der Waals surface area contributed by atoms with Gasteiger partial charge in [0.25, 0.3) is 0 Å². The fourth-order valence-electron chi connectivity index (χ4n) is 3.20. The fourth-order valence-corrected chi connectivity index (χ4v) is 3.20. The van der Waals surface area contributed by atoms with Crippen LogP contribution in [0.1, 0.15) is 50.7 Å². The first-order chi connectivity index (χ1) is 11.1. The molecule has 0 saturated heterocycles. The predicted octanol–water partition coefficient (Wildman–Crippen LogP) is 5.69. The Hall–Kier alpha value is -2.22. The van der Waals surface area contributed by atoms with Gasteiger partial charge in [-0.25, -0.2) is 0 Å². The van der Waals surface area contributed by atoms with Gasteiger partial charge in [0.15, 0.2) is 0 Å². The summed E-state index contributed by atoms with van der Waals surface area (Å²) in [5.74, 6) is 1.03. The second kappa shape index (κ2) is 6.49. The van der Waals surface area contributed by atoms with Crippen LogP contribution in [0.15, 0.2) is 60.9 Å². The zero-order valence-electron chi connectivity index (χ0n) is 14.5. The van der Waals surface area contributed by atoms with E-state index < -0.39 is 0 Å². The Morgan fingerprint density at radius 3 is 1.83 bits per heavy atom. The number of hydrogen-bond acceptors (Lipinski definition) is 2. The van der Waals surface area contributed by atoms with Crippen molar-refractivity contribution in [1.82, 2.24) is 0 Å². The van der Waals surface area contributed by atoms with E-state index in [1.807, 2.05) is 0 Å². The first-order valence-electron chi connectivity index (χ1n) is 8.47. The van der Waals surface area contributed by atoms with Crippen LogP contribution in [-0.2, 0) is 0 Å². The summed E-state index contributed by atoms with van der Waals surface area (Å²) in [6.45, 7) is 9.97. The molecule has 0 unspecified atom stereocenters. The molecule has 0 fully saturated rings. The highest BCUT2D eigenvalue weighted by atomic mass is 15.3. The zero-order valence-corrected chi connectivity index (χ0v) is 14.5. The topological polar surface area (TPSA) is 6.48 Å². The van der Waals surface area contributed by atoms with E-state index in [-0.39, 0.29) is 0 Å². The van der Waals surface area contributed by atoms with Crippen LogP contribution in [0.5, 0.6) is 0 Å². The Labute approximate surface area is 140 Å². The maximum absolute atomic E-state index is 2.39. The number of benzene rings is 2. The lowest BCUT2D eigenvalue weighted by atomic mass is 9.92. The summed E-state index contributed by atoms with van der Waals surface area (Å²) in [7, 11) is 0. The molecule has 1 heterocycles. The van der Waals surface area contributed by atoms with Crippen LogP contribution in [-0.4, -0.2) is 6.67 Å². The number of hydrogen-bond donors (Lipinski definition) is 0. The summed E-state index contributed by atoms with van der Waals surface area (Å²) in [6, 6.07) is 17.3. The normalized spacial score (nSPS) is 14.3. The molecule has 2 nitrogen and oxygen atoms in total. The Morgan fingerprint density at radius 2 is 1.26 bits per heavy atom. The third kappa shape index (κ3) is 3.12. The van der Waals surface area contributed by atoms with Gasteiger partial charge in [-0.3, -0.25) is 0 Å². The van der Waals surface area contributed by atoms with Gasteiger partial charge in [-0.05, 0) is 35.1 Å². The molecule has 0 atom stereocenters. The van der Waals surface area contributed by atoms with Crippen LogP contribution in [0, 0.1) is 0 Å². The lowest BCUT2D eigenvalue weighted by molar-refractivity contribution is 0.817. The van der Waals surface area contributed by atoms with Crippen molar-refractivity contribution >= 4 is 11.4 Å². The predicted molar refractivity (Wildman–Crippen MR) is 100 cm³/mol. The monoisotopic (exact) mass is 306 g/mol. The van der Waals surface area contributed by atoms with E-state index in [0.717, 1.165) is 6.67 Å². The molecule has 0 radical (unpaired) electrons. The molecule has 1 aliphatic heterocycles. The molecule has 0 aliphatic carbocycles. The summed E-state index contributed by atoms with van der Waals surface area (Å²) in [6.07, 6.45) is 4.39. The third-order valence-electron chi connectivity index (χ3n) is 4.45. The van der Waals surface area contributed by atoms with E-state index >= 15 is 0 Å². The van der Waals surface area contributed by atoms with Gasteiger partial charge in [-0.1, -0.05) is 64.1 Å². The van der Waals surface area contributed by atoms with Crippen molar-refractivity contribution in [1.29, 1.82) is 0 Å². The Balaban J connectivity index is 1.95. The maximum Gasteiger partial charge on any atom is 0.0989 e. The lowest BCUT2D eigenvalue weighted by Gasteiger charge is -2.28. The smallest absolute Gasteiger partial charge is 0.0989 e. The van der Waals surface area contributed by atoms with Crippen molar-refractivity contribution in [3.63, 3.8) is 0 Å². The van der Waals surface area contributed by atoms with Crippen LogP contribution in [0.3, 0.4) is 0 Å². The third-order valence-corrected chi connectivity index (χ3v) is 4.45. The average Bonchev–Trinajstić information content (AvgIpc) is 3.04. The Morgan fingerprint density at radius 1 is 0.696 bits per heavy atom. The maximum atomic E-state index is 2.39. The molecular weight excluding hydrogens is 280 g/mol. The average molecular weight is 306 g/mol. The molecule has 2 aromatic rings. The highest BCUT2D eigenvalue weighted by Gasteiger charge is 2.22. The van der Waals surface area contributed by atoms with E-state index in [1.165, 1.54) is 22.5 Å². The Kier molecular flexibility index (Phi) is 4.42. The molecule has 1 aliphatic rings. The highest BCUT2D eigenvalue weighted by Crippen LogP contribution is 2.37. The molecule has 0 saturated carbocycles. The molecule has 23 heavy (non-hydrogen) atoms. The van der Waals surface area contributed by atoms with Crippen LogP contribution < -0.4 is 9.80 Å². The largest absolute Gasteiger partial charge is 0.328 e. The van der Waals surface area contributed by atoms with Crippen molar-refractivity contribution in [3.05, 3.63) is 72.1 Å². The first kappa shape index (κ1) is 15.7. The van der Waals surface area contributed by atoms with Gasteiger partial charge in [0.2, 0.25) is 0 Å². The highest BCUT2D eigenvalue weighted by molar-refractivity contribution is 5.67. The summed E-state index contributed by atoms with van der Waals surface area (Å²) in [5, 5.41) is 0. The van der Waals surface area contributed by atoms with Gasteiger partial charge in [-0.2, -0.15) is 0 Å². The number of nitrogens with zero attached hydrogens (tertiary/aromatic N) is 2. The van der Waals surface area contributed by atoms with Crippen LogP contribution >= 0.6 is 0 Å². The first-order valence-corrected chi connectivity index (χ1v) is 8.47. The summed E-state index contributed by atoms with van der Waals surface area (Å²) in [4.78, 5) is 4.68. The van der Waals surface area contributed by atoms with E-state index in [0.29, 0.717) is 11.8 Å². The van der Waals surface area contributed by atoms with Crippen LogP contribution in [0.2, 0.25) is 0 Å². The van der Waals surface area contributed by atoms with E-state index in [4.69, 9.17) is 0 Å². The standard InChI is InChI=1S/C21H26N2/c1-16(2)19-11-8-12-20(17(3)4)21(19)23-14-13-22(15-23)18-9-6-5-7-10-18/h5-14,16-17H,15H2,1-4H3. The second-order valence-electron chi connectivity index (χ2n) is 6.81. The van der Waals surface area contributed by atoms with E-state index in [9.17, 15) is 0 Å². The molecule has 0 bridgehead atoms. The number of para-hydroxylation sites is 2. The van der Waals surface area contributed by atoms with Gasteiger partial charge in [0, 0.05) is 23.8 Å². The minimum Gasteiger partial charge on any atom is -0.328 e. The molecule has 120 valence electrons. The summed E-state index contributed by atoms with van der Waals surface area (Å²) < 4.78 is 0.